The predicted octanol–water partition coefficient (Wildman–Crippen LogP) is 4.82. The molecule has 0 aliphatic heterocycles. The van der Waals surface area contributed by atoms with Gasteiger partial charge in [-0.2, -0.15) is 5.10 Å². The number of carbonyl (C=O) groups is 1. The molecule has 0 atom stereocenters. The molecule has 0 fully saturated rings. The van der Waals surface area contributed by atoms with E-state index in [4.69, 9.17) is 23.2 Å². The molecule has 0 amide bonds. The van der Waals surface area contributed by atoms with Crippen LogP contribution in [0.4, 0.5) is 8.78 Å². The second-order valence-electron chi connectivity index (χ2n) is 4.85. The van der Waals surface area contributed by atoms with Crippen LogP contribution in [0.25, 0.3) is 16.9 Å². The van der Waals surface area contributed by atoms with E-state index in [2.05, 4.69) is 5.10 Å². The van der Waals surface area contributed by atoms with Crippen molar-refractivity contribution in [3.05, 3.63) is 69.8 Å². The van der Waals surface area contributed by atoms with Crippen LogP contribution in [-0.4, -0.2) is 20.9 Å². The van der Waals surface area contributed by atoms with Gasteiger partial charge in [-0.25, -0.2) is 18.3 Å². The van der Waals surface area contributed by atoms with Crippen LogP contribution in [-0.2, 0) is 0 Å². The topological polar surface area (TPSA) is 55.1 Å². The minimum absolute atomic E-state index is 0.190. The van der Waals surface area contributed by atoms with Crippen LogP contribution in [0.3, 0.4) is 0 Å². The molecule has 1 N–H and O–H groups in total. The Morgan fingerprint density at radius 2 is 1.83 bits per heavy atom. The summed E-state index contributed by atoms with van der Waals surface area (Å²) >= 11 is 11.9. The first-order chi connectivity index (χ1) is 11.4. The van der Waals surface area contributed by atoms with Crippen molar-refractivity contribution in [3.8, 4) is 16.9 Å². The lowest BCUT2D eigenvalue weighted by atomic mass is 10.1. The van der Waals surface area contributed by atoms with Gasteiger partial charge in [-0.05, 0) is 36.4 Å². The molecule has 0 saturated heterocycles. The second kappa shape index (κ2) is 6.22. The number of aromatic nitrogens is 2. The highest BCUT2D eigenvalue weighted by Gasteiger charge is 2.20. The highest BCUT2D eigenvalue weighted by atomic mass is 35.5. The average Bonchev–Trinajstić information content (AvgIpc) is 2.92. The molecule has 1 heterocycles. The van der Waals surface area contributed by atoms with Crippen molar-refractivity contribution in [1.82, 2.24) is 9.78 Å². The first kappa shape index (κ1) is 16.4. The van der Waals surface area contributed by atoms with Crippen LogP contribution in [0.5, 0.6) is 0 Å². The number of hydrogen-bond donors (Lipinski definition) is 1. The first-order valence-electron chi connectivity index (χ1n) is 6.61. The normalized spacial score (nSPS) is 10.8. The maximum absolute atomic E-state index is 14.0. The van der Waals surface area contributed by atoms with Crippen molar-refractivity contribution in [2.24, 2.45) is 0 Å². The van der Waals surface area contributed by atoms with E-state index in [1.165, 1.54) is 12.1 Å². The molecule has 0 aliphatic carbocycles. The standard InChI is InChI=1S/C16H8Cl2F2N2O2/c17-8-1-3-10(11(18)5-8)13-7-15(16(23)24)22(21-13)14-4-2-9(19)6-12(14)20/h1-7H,(H,23,24). The van der Waals surface area contributed by atoms with Gasteiger partial charge in [-0.15, -0.1) is 0 Å². The summed E-state index contributed by atoms with van der Waals surface area (Å²) in [5, 5.41) is 14.1. The molecule has 0 saturated carbocycles. The molecular formula is C16H8Cl2F2N2O2. The van der Waals surface area contributed by atoms with Crippen molar-refractivity contribution in [3.63, 3.8) is 0 Å². The fourth-order valence-electron chi connectivity index (χ4n) is 2.20. The van der Waals surface area contributed by atoms with Crippen LogP contribution >= 0.6 is 23.2 Å². The smallest absolute Gasteiger partial charge is 0.354 e. The van der Waals surface area contributed by atoms with E-state index < -0.39 is 17.6 Å². The fourth-order valence-corrected chi connectivity index (χ4v) is 2.70. The Labute approximate surface area is 144 Å². The second-order valence-corrected chi connectivity index (χ2v) is 5.70. The van der Waals surface area contributed by atoms with Gasteiger partial charge in [0.05, 0.1) is 10.7 Å². The Balaban J connectivity index is 2.20. The molecule has 2 aromatic carbocycles. The minimum Gasteiger partial charge on any atom is -0.477 e. The Morgan fingerprint density at radius 1 is 1.08 bits per heavy atom. The number of rotatable bonds is 3. The molecule has 24 heavy (non-hydrogen) atoms. The van der Waals surface area contributed by atoms with Gasteiger partial charge in [-0.1, -0.05) is 23.2 Å². The average molecular weight is 369 g/mol. The minimum atomic E-state index is -1.32. The lowest BCUT2D eigenvalue weighted by Gasteiger charge is -2.06. The largest absolute Gasteiger partial charge is 0.477 e. The number of carboxylic acid groups (broad SMARTS) is 1. The Hall–Kier alpha value is -2.44. The quantitative estimate of drug-likeness (QED) is 0.720. The van der Waals surface area contributed by atoms with Gasteiger partial charge in [0.1, 0.15) is 11.5 Å². The fraction of sp³-hybridized carbons (Fsp3) is 0. The summed E-state index contributed by atoms with van der Waals surface area (Å²) in [5.41, 5.74) is 0.175. The summed E-state index contributed by atoms with van der Waals surface area (Å²) in [6.45, 7) is 0. The monoisotopic (exact) mass is 368 g/mol. The van der Waals surface area contributed by atoms with Gasteiger partial charge in [0.2, 0.25) is 0 Å². The summed E-state index contributed by atoms with van der Waals surface area (Å²) in [5.74, 6) is -3.03. The molecule has 8 heteroatoms. The summed E-state index contributed by atoms with van der Waals surface area (Å²) in [4.78, 5) is 11.4. The van der Waals surface area contributed by atoms with E-state index in [1.54, 1.807) is 12.1 Å². The van der Waals surface area contributed by atoms with Crippen molar-refractivity contribution in [1.29, 1.82) is 0 Å². The van der Waals surface area contributed by atoms with Crippen molar-refractivity contribution in [2.75, 3.05) is 0 Å². The Morgan fingerprint density at radius 3 is 2.46 bits per heavy atom. The number of aromatic carboxylic acids is 1. The molecule has 1 aromatic heterocycles. The van der Waals surface area contributed by atoms with Crippen LogP contribution in [0, 0.1) is 11.6 Å². The maximum atomic E-state index is 14.0. The molecule has 0 spiro atoms. The van der Waals surface area contributed by atoms with Gasteiger partial charge in [0, 0.05) is 16.7 Å². The van der Waals surface area contributed by atoms with E-state index in [1.807, 2.05) is 0 Å². The summed E-state index contributed by atoms with van der Waals surface area (Å²) in [7, 11) is 0. The lowest BCUT2D eigenvalue weighted by molar-refractivity contribution is 0.0687. The molecule has 122 valence electrons. The summed E-state index contributed by atoms with van der Waals surface area (Å²) in [6, 6.07) is 8.65. The number of halogens is 4. The van der Waals surface area contributed by atoms with Crippen LogP contribution in [0.1, 0.15) is 10.5 Å². The highest BCUT2D eigenvalue weighted by molar-refractivity contribution is 6.36. The Bertz CT molecular complexity index is 957. The van der Waals surface area contributed by atoms with Crippen molar-refractivity contribution in [2.45, 2.75) is 0 Å². The third kappa shape index (κ3) is 2.98. The summed E-state index contributed by atoms with van der Waals surface area (Å²) < 4.78 is 27.9. The number of carboxylic acids is 1. The highest BCUT2D eigenvalue weighted by Crippen LogP contribution is 2.31. The zero-order valence-corrected chi connectivity index (χ0v) is 13.3. The van der Waals surface area contributed by atoms with Gasteiger partial charge in [-0.3, -0.25) is 0 Å². The molecule has 0 aliphatic rings. The molecule has 4 nitrogen and oxygen atoms in total. The van der Waals surface area contributed by atoms with Crippen LogP contribution in [0.2, 0.25) is 10.0 Å². The number of benzene rings is 2. The molecule has 0 radical (unpaired) electrons. The van der Waals surface area contributed by atoms with Gasteiger partial charge in [0.25, 0.3) is 0 Å². The van der Waals surface area contributed by atoms with Crippen molar-refractivity contribution < 1.29 is 18.7 Å². The van der Waals surface area contributed by atoms with E-state index in [0.717, 1.165) is 16.8 Å². The Kier molecular flexibility index (Phi) is 4.26. The van der Waals surface area contributed by atoms with Crippen LogP contribution < -0.4 is 0 Å². The third-order valence-electron chi connectivity index (χ3n) is 3.27. The molecule has 3 rings (SSSR count). The van der Waals surface area contributed by atoms with Gasteiger partial charge < -0.3 is 5.11 Å². The van der Waals surface area contributed by atoms with E-state index >= 15 is 0 Å². The molecular weight excluding hydrogens is 361 g/mol. The SMILES string of the molecule is O=C(O)c1cc(-c2ccc(Cl)cc2Cl)nn1-c1ccc(F)cc1F. The predicted molar refractivity (Wildman–Crippen MR) is 85.9 cm³/mol. The van der Waals surface area contributed by atoms with Crippen LogP contribution in [0.15, 0.2) is 42.5 Å². The first-order valence-corrected chi connectivity index (χ1v) is 7.36. The molecule has 0 unspecified atom stereocenters. The van der Waals surface area contributed by atoms with E-state index in [-0.39, 0.29) is 22.1 Å². The zero-order valence-electron chi connectivity index (χ0n) is 11.8. The third-order valence-corrected chi connectivity index (χ3v) is 3.82. The number of nitrogens with zero attached hydrogens (tertiary/aromatic N) is 2. The number of hydrogen-bond acceptors (Lipinski definition) is 2. The van der Waals surface area contributed by atoms with E-state index in [0.29, 0.717) is 16.7 Å². The summed E-state index contributed by atoms with van der Waals surface area (Å²) in [6.07, 6.45) is 0. The van der Waals surface area contributed by atoms with E-state index in [9.17, 15) is 18.7 Å². The molecule has 0 bridgehead atoms. The molecule has 3 aromatic rings. The lowest BCUT2D eigenvalue weighted by Crippen LogP contribution is -2.09. The van der Waals surface area contributed by atoms with Gasteiger partial charge >= 0.3 is 5.97 Å². The van der Waals surface area contributed by atoms with Crippen molar-refractivity contribution >= 4 is 29.2 Å². The van der Waals surface area contributed by atoms with Gasteiger partial charge in [0.15, 0.2) is 11.5 Å². The zero-order chi connectivity index (χ0) is 17.4. The maximum Gasteiger partial charge on any atom is 0.354 e.